The van der Waals surface area contributed by atoms with E-state index in [9.17, 15) is 9.18 Å². The number of ketones is 1. The predicted molar refractivity (Wildman–Crippen MR) is 52.2 cm³/mol. The predicted octanol–water partition coefficient (Wildman–Crippen LogP) is 2.70. The Bertz CT molecular complexity index is 352. The smallest absolute Gasteiger partial charge is 0.152 e. The molecule has 0 spiro atoms. The van der Waals surface area contributed by atoms with Gasteiger partial charge in [-0.1, -0.05) is 0 Å². The molecule has 4 heteroatoms. The van der Waals surface area contributed by atoms with Crippen molar-refractivity contribution >= 4 is 17.4 Å². The molecule has 0 amide bonds. The second-order valence-corrected chi connectivity index (χ2v) is 3.33. The monoisotopic (exact) mass is 216 g/mol. The number of hydrogen-bond acceptors (Lipinski definition) is 2. The van der Waals surface area contributed by atoms with Crippen molar-refractivity contribution in [2.24, 2.45) is 0 Å². The van der Waals surface area contributed by atoms with E-state index >= 15 is 0 Å². The first kappa shape index (κ1) is 11.0. The first-order valence-electron chi connectivity index (χ1n) is 4.03. The van der Waals surface area contributed by atoms with Crippen LogP contribution in [-0.2, 0) is 4.79 Å². The molecule has 14 heavy (non-hydrogen) atoms. The summed E-state index contributed by atoms with van der Waals surface area (Å²) in [5.41, 5.74) is 0.413. The van der Waals surface area contributed by atoms with E-state index in [-0.39, 0.29) is 5.78 Å². The molecule has 0 saturated carbocycles. The standard InChI is InChI=1S/C10H10ClFO2/c1-6(13)10(11)7-3-8(12)5-9(4-7)14-2/h3-5,10H,1-2H3. The number of carbonyl (C=O) groups is 1. The topological polar surface area (TPSA) is 26.3 Å². The maximum atomic E-state index is 13.0. The lowest BCUT2D eigenvalue weighted by Crippen LogP contribution is -2.02. The average molecular weight is 217 g/mol. The van der Waals surface area contributed by atoms with E-state index in [0.29, 0.717) is 11.3 Å². The van der Waals surface area contributed by atoms with Gasteiger partial charge in [0, 0.05) is 6.07 Å². The molecule has 76 valence electrons. The SMILES string of the molecule is COc1cc(F)cc(C(Cl)C(C)=O)c1. The van der Waals surface area contributed by atoms with Crippen LogP contribution in [0.2, 0.25) is 0 Å². The molecule has 1 aromatic rings. The molecule has 0 aliphatic rings. The number of Topliss-reactive ketones (excluding diaryl/α,β-unsaturated/α-hetero) is 1. The van der Waals surface area contributed by atoms with Gasteiger partial charge >= 0.3 is 0 Å². The van der Waals surface area contributed by atoms with Crippen molar-refractivity contribution in [1.82, 2.24) is 0 Å². The molecule has 0 fully saturated rings. The van der Waals surface area contributed by atoms with Crippen LogP contribution in [0, 0.1) is 5.82 Å². The molecule has 0 N–H and O–H groups in total. The lowest BCUT2D eigenvalue weighted by Gasteiger charge is -2.08. The molecule has 0 bridgehead atoms. The van der Waals surface area contributed by atoms with Gasteiger partial charge in [-0.15, -0.1) is 11.6 Å². The first-order valence-corrected chi connectivity index (χ1v) is 4.47. The van der Waals surface area contributed by atoms with Gasteiger partial charge in [0.25, 0.3) is 0 Å². The molecule has 0 radical (unpaired) electrons. The van der Waals surface area contributed by atoms with Crippen LogP contribution < -0.4 is 4.74 Å². The summed E-state index contributed by atoms with van der Waals surface area (Å²) < 4.78 is 17.8. The van der Waals surface area contributed by atoms with Crippen molar-refractivity contribution in [2.75, 3.05) is 7.11 Å². The Balaban J connectivity index is 3.08. The highest BCUT2D eigenvalue weighted by Crippen LogP contribution is 2.26. The fourth-order valence-corrected chi connectivity index (χ4v) is 1.21. The van der Waals surface area contributed by atoms with E-state index in [1.54, 1.807) is 6.07 Å². The van der Waals surface area contributed by atoms with Crippen molar-refractivity contribution in [3.63, 3.8) is 0 Å². The van der Waals surface area contributed by atoms with Crippen LogP contribution in [0.25, 0.3) is 0 Å². The molecular formula is C10H10ClFO2. The number of methoxy groups -OCH3 is 1. The van der Waals surface area contributed by atoms with Crippen molar-refractivity contribution in [3.05, 3.63) is 29.6 Å². The maximum Gasteiger partial charge on any atom is 0.152 e. The van der Waals surface area contributed by atoms with Gasteiger partial charge in [-0.05, 0) is 24.6 Å². The first-order chi connectivity index (χ1) is 6.54. The number of ether oxygens (including phenoxy) is 1. The van der Waals surface area contributed by atoms with Gasteiger partial charge in [-0.25, -0.2) is 4.39 Å². The zero-order chi connectivity index (χ0) is 10.7. The van der Waals surface area contributed by atoms with Crippen molar-refractivity contribution in [1.29, 1.82) is 0 Å². The molecule has 0 aromatic heterocycles. The summed E-state index contributed by atoms with van der Waals surface area (Å²) in [5, 5.41) is -0.820. The largest absolute Gasteiger partial charge is 0.497 e. The van der Waals surface area contributed by atoms with Crippen LogP contribution in [0.4, 0.5) is 4.39 Å². The molecule has 0 aliphatic carbocycles. The van der Waals surface area contributed by atoms with Crippen molar-refractivity contribution < 1.29 is 13.9 Å². The molecular weight excluding hydrogens is 207 g/mol. The van der Waals surface area contributed by atoms with Gasteiger partial charge in [-0.2, -0.15) is 0 Å². The molecule has 0 aliphatic heterocycles. The van der Waals surface area contributed by atoms with Gasteiger partial charge in [0.05, 0.1) is 7.11 Å². The Morgan fingerprint density at radius 3 is 2.64 bits per heavy atom. The highest BCUT2D eigenvalue weighted by atomic mass is 35.5. The van der Waals surface area contributed by atoms with Gasteiger partial charge in [-0.3, -0.25) is 4.79 Å². The molecule has 1 atom stereocenters. The molecule has 1 unspecified atom stereocenters. The van der Waals surface area contributed by atoms with Gasteiger partial charge in [0.15, 0.2) is 5.78 Å². The number of rotatable bonds is 3. The lowest BCUT2D eigenvalue weighted by molar-refractivity contribution is -0.116. The van der Waals surface area contributed by atoms with E-state index in [1.807, 2.05) is 0 Å². The van der Waals surface area contributed by atoms with Crippen LogP contribution >= 0.6 is 11.6 Å². The normalized spacial score (nSPS) is 12.3. The van der Waals surface area contributed by atoms with E-state index in [2.05, 4.69) is 0 Å². The van der Waals surface area contributed by atoms with Gasteiger partial charge in [0.1, 0.15) is 16.9 Å². The van der Waals surface area contributed by atoms with E-state index in [4.69, 9.17) is 16.3 Å². The van der Waals surface area contributed by atoms with Crippen LogP contribution in [0.5, 0.6) is 5.75 Å². The number of carbonyl (C=O) groups excluding carboxylic acids is 1. The Morgan fingerprint density at radius 2 is 2.14 bits per heavy atom. The van der Waals surface area contributed by atoms with Crippen LogP contribution in [0.15, 0.2) is 18.2 Å². The minimum absolute atomic E-state index is 0.223. The maximum absolute atomic E-state index is 13.0. The van der Waals surface area contributed by atoms with E-state index < -0.39 is 11.2 Å². The molecule has 0 heterocycles. The number of halogens is 2. The Morgan fingerprint density at radius 1 is 1.50 bits per heavy atom. The third kappa shape index (κ3) is 2.45. The third-order valence-electron chi connectivity index (χ3n) is 1.78. The minimum Gasteiger partial charge on any atom is -0.497 e. The lowest BCUT2D eigenvalue weighted by atomic mass is 10.1. The number of hydrogen-bond donors (Lipinski definition) is 0. The van der Waals surface area contributed by atoms with Crippen molar-refractivity contribution in [3.8, 4) is 5.75 Å². The Labute approximate surface area is 86.6 Å². The van der Waals surface area contributed by atoms with E-state index in [0.717, 1.165) is 0 Å². The molecule has 0 saturated heterocycles. The fourth-order valence-electron chi connectivity index (χ4n) is 1.08. The summed E-state index contributed by atoms with van der Waals surface area (Å²) in [6, 6.07) is 4.00. The van der Waals surface area contributed by atoms with Gasteiger partial charge in [0.2, 0.25) is 0 Å². The summed E-state index contributed by atoms with van der Waals surface area (Å²) in [6.45, 7) is 1.36. The summed E-state index contributed by atoms with van der Waals surface area (Å²) in [5.74, 6) is -0.336. The van der Waals surface area contributed by atoms with E-state index in [1.165, 1.54) is 26.2 Å². The molecule has 2 nitrogen and oxygen atoms in total. The number of alkyl halides is 1. The Hall–Kier alpha value is -1.09. The third-order valence-corrected chi connectivity index (χ3v) is 2.34. The summed E-state index contributed by atoms with van der Waals surface area (Å²) >= 11 is 5.77. The highest BCUT2D eigenvalue weighted by molar-refractivity contribution is 6.30. The van der Waals surface area contributed by atoms with Crippen LogP contribution in [-0.4, -0.2) is 12.9 Å². The second-order valence-electron chi connectivity index (χ2n) is 2.90. The van der Waals surface area contributed by atoms with Gasteiger partial charge < -0.3 is 4.74 Å². The summed E-state index contributed by atoms with van der Waals surface area (Å²) in [4.78, 5) is 11.0. The minimum atomic E-state index is -0.820. The zero-order valence-corrected chi connectivity index (χ0v) is 8.64. The fraction of sp³-hybridized carbons (Fsp3) is 0.300. The second kappa shape index (κ2) is 4.42. The Kier molecular flexibility index (Phi) is 3.47. The molecule has 1 aromatic carbocycles. The van der Waals surface area contributed by atoms with Crippen molar-refractivity contribution in [2.45, 2.75) is 12.3 Å². The quantitative estimate of drug-likeness (QED) is 0.727. The number of benzene rings is 1. The molecule has 1 rings (SSSR count). The average Bonchev–Trinajstić information content (AvgIpc) is 2.15. The van der Waals surface area contributed by atoms with Crippen LogP contribution in [0.1, 0.15) is 17.9 Å². The van der Waals surface area contributed by atoms with Crippen LogP contribution in [0.3, 0.4) is 0 Å². The summed E-state index contributed by atoms with van der Waals surface area (Å²) in [6.07, 6.45) is 0. The zero-order valence-electron chi connectivity index (χ0n) is 7.88. The summed E-state index contributed by atoms with van der Waals surface area (Å²) in [7, 11) is 1.43. The highest BCUT2D eigenvalue weighted by Gasteiger charge is 2.14.